The Balaban J connectivity index is 2.25. The molecule has 0 aliphatic carbocycles. The highest BCUT2D eigenvalue weighted by molar-refractivity contribution is 5.95. The van der Waals surface area contributed by atoms with Crippen LogP contribution in [0.25, 0.3) is 0 Å². The average Bonchev–Trinajstić information content (AvgIpc) is 2.69. The Labute approximate surface area is 107 Å². The number of rotatable bonds is 2. The van der Waals surface area contributed by atoms with Crippen molar-refractivity contribution in [1.29, 1.82) is 0 Å². The first-order chi connectivity index (χ1) is 8.90. The maximum atomic E-state index is 13.1. The maximum Gasteiger partial charge on any atom is 0.305 e. The molecule has 19 heavy (non-hydrogen) atoms. The number of halogens is 1. The van der Waals surface area contributed by atoms with E-state index in [1.165, 1.54) is 0 Å². The van der Waals surface area contributed by atoms with Crippen molar-refractivity contribution < 1.29 is 24.3 Å². The Morgan fingerprint density at radius 1 is 1.37 bits per heavy atom. The average molecular weight is 270 g/mol. The van der Waals surface area contributed by atoms with Gasteiger partial charge in [0.15, 0.2) is 0 Å². The van der Waals surface area contributed by atoms with E-state index >= 15 is 0 Å². The topological polar surface area (TPSA) is 104 Å². The van der Waals surface area contributed by atoms with Crippen LogP contribution in [0.5, 0.6) is 0 Å². The van der Waals surface area contributed by atoms with E-state index in [2.05, 4.69) is 0 Å². The molecule has 0 bridgehead atoms. The fourth-order valence-corrected chi connectivity index (χ4v) is 1.90. The molecule has 1 amide bonds. The van der Waals surface area contributed by atoms with Gasteiger partial charge in [-0.05, 0) is 12.1 Å². The fraction of sp³-hybridized carbons (Fsp3) is 0.364. The van der Waals surface area contributed by atoms with Crippen LogP contribution in [0.15, 0.2) is 18.2 Å². The molecule has 7 nitrogen and oxygen atoms in total. The Morgan fingerprint density at radius 2 is 1.95 bits per heavy atom. The third kappa shape index (κ3) is 2.54. The number of nitro benzene ring substituents is 1. The molecule has 2 N–H and O–H groups in total. The molecule has 0 saturated carbocycles. The summed E-state index contributed by atoms with van der Waals surface area (Å²) >= 11 is 0. The summed E-state index contributed by atoms with van der Waals surface area (Å²) in [6.45, 7) is -0.129. The van der Waals surface area contributed by atoms with E-state index < -0.39 is 34.5 Å². The van der Waals surface area contributed by atoms with Crippen molar-refractivity contribution in [3.63, 3.8) is 0 Å². The number of nitrogens with zero attached hydrogens (tertiary/aromatic N) is 2. The first-order valence-electron chi connectivity index (χ1n) is 5.49. The number of aliphatic hydroxyl groups is 2. The first-order valence-corrected chi connectivity index (χ1v) is 5.49. The van der Waals surface area contributed by atoms with E-state index in [1.807, 2.05) is 0 Å². The van der Waals surface area contributed by atoms with Gasteiger partial charge in [0, 0.05) is 24.7 Å². The third-order valence-corrected chi connectivity index (χ3v) is 2.94. The van der Waals surface area contributed by atoms with Crippen molar-refractivity contribution in [2.75, 3.05) is 13.1 Å². The van der Waals surface area contributed by atoms with Gasteiger partial charge in [0.2, 0.25) is 5.82 Å². The Kier molecular flexibility index (Phi) is 3.45. The minimum Gasteiger partial charge on any atom is -0.388 e. The van der Waals surface area contributed by atoms with Crippen LogP contribution in [0.2, 0.25) is 0 Å². The highest BCUT2D eigenvalue weighted by atomic mass is 19.1. The molecule has 0 aromatic heterocycles. The second-order valence-corrected chi connectivity index (χ2v) is 4.27. The van der Waals surface area contributed by atoms with Gasteiger partial charge in [0.1, 0.15) is 0 Å². The van der Waals surface area contributed by atoms with Crippen LogP contribution < -0.4 is 0 Å². The SMILES string of the molecule is O=C(c1ccc(F)c([N+](=O)[O-])c1)N1CC(O)C(O)C1. The van der Waals surface area contributed by atoms with Gasteiger partial charge in [-0.2, -0.15) is 4.39 Å². The van der Waals surface area contributed by atoms with Crippen LogP contribution in [0.1, 0.15) is 10.4 Å². The van der Waals surface area contributed by atoms with Crippen molar-refractivity contribution in [3.8, 4) is 0 Å². The predicted molar refractivity (Wildman–Crippen MR) is 61.0 cm³/mol. The smallest absolute Gasteiger partial charge is 0.305 e. The molecule has 2 unspecified atom stereocenters. The number of nitro groups is 1. The zero-order chi connectivity index (χ0) is 14.2. The number of hydrogen-bond donors (Lipinski definition) is 2. The Hall–Kier alpha value is -2.06. The summed E-state index contributed by atoms with van der Waals surface area (Å²) in [5, 5.41) is 29.3. The molecule has 0 spiro atoms. The molecule has 102 valence electrons. The lowest BCUT2D eigenvalue weighted by Crippen LogP contribution is -2.29. The number of benzene rings is 1. The summed E-state index contributed by atoms with van der Waals surface area (Å²) < 4.78 is 13.1. The second kappa shape index (κ2) is 4.90. The van der Waals surface area contributed by atoms with Crippen molar-refractivity contribution in [2.24, 2.45) is 0 Å². The third-order valence-electron chi connectivity index (χ3n) is 2.94. The number of carbonyl (C=O) groups excluding carboxylic acids is 1. The summed E-state index contributed by atoms with van der Waals surface area (Å²) in [5.41, 5.74) is -0.847. The molecular formula is C11H11FN2O5. The van der Waals surface area contributed by atoms with Crippen LogP contribution in [-0.2, 0) is 0 Å². The summed E-state index contributed by atoms with van der Waals surface area (Å²) in [4.78, 5) is 22.8. The molecule has 0 radical (unpaired) electrons. The lowest BCUT2D eigenvalue weighted by Gasteiger charge is -2.15. The number of likely N-dealkylation sites (tertiary alicyclic amines) is 1. The molecule has 1 fully saturated rings. The monoisotopic (exact) mass is 270 g/mol. The molecule has 1 saturated heterocycles. The summed E-state index contributed by atoms with van der Waals surface area (Å²) in [5.74, 6) is -1.62. The number of hydrogen-bond acceptors (Lipinski definition) is 5. The zero-order valence-electron chi connectivity index (χ0n) is 9.69. The second-order valence-electron chi connectivity index (χ2n) is 4.27. The summed E-state index contributed by atoms with van der Waals surface area (Å²) in [7, 11) is 0. The van der Waals surface area contributed by atoms with Gasteiger partial charge in [-0.25, -0.2) is 0 Å². The van der Waals surface area contributed by atoms with Gasteiger partial charge in [-0.3, -0.25) is 14.9 Å². The van der Waals surface area contributed by atoms with Crippen molar-refractivity contribution in [3.05, 3.63) is 39.7 Å². The Morgan fingerprint density at radius 3 is 2.47 bits per heavy atom. The molecule has 1 aromatic rings. The van der Waals surface area contributed by atoms with Crippen molar-refractivity contribution in [1.82, 2.24) is 4.90 Å². The van der Waals surface area contributed by atoms with E-state index in [-0.39, 0.29) is 18.7 Å². The van der Waals surface area contributed by atoms with E-state index in [4.69, 9.17) is 0 Å². The number of amides is 1. The summed E-state index contributed by atoms with van der Waals surface area (Å²) in [6, 6.07) is 2.81. The summed E-state index contributed by atoms with van der Waals surface area (Å²) in [6.07, 6.45) is -2.08. The van der Waals surface area contributed by atoms with Gasteiger partial charge in [-0.1, -0.05) is 0 Å². The van der Waals surface area contributed by atoms with E-state index in [9.17, 15) is 29.5 Å². The molecule has 2 rings (SSSR count). The highest BCUT2D eigenvalue weighted by Gasteiger charge is 2.33. The lowest BCUT2D eigenvalue weighted by molar-refractivity contribution is -0.387. The van der Waals surface area contributed by atoms with Gasteiger partial charge < -0.3 is 15.1 Å². The predicted octanol–water partition coefficient (Wildman–Crippen LogP) is -0.0885. The highest BCUT2D eigenvalue weighted by Crippen LogP contribution is 2.21. The molecule has 1 aromatic carbocycles. The molecule has 1 heterocycles. The minimum absolute atomic E-state index is 0.0607. The van der Waals surface area contributed by atoms with Crippen LogP contribution in [0.4, 0.5) is 10.1 Å². The van der Waals surface area contributed by atoms with Gasteiger partial charge in [0.05, 0.1) is 17.1 Å². The standard InChI is InChI=1S/C11H11FN2O5/c12-7-2-1-6(3-8(7)14(18)19)11(17)13-4-9(15)10(16)5-13/h1-3,9-10,15-16H,4-5H2. The van der Waals surface area contributed by atoms with E-state index in [0.29, 0.717) is 0 Å². The quantitative estimate of drug-likeness (QED) is 0.577. The normalized spacial score (nSPS) is 22.6. The minimum atomic E-state index is -1.04. The van der Waals surface area contributed by atoms with E-state index in [0.717, 1.165) is 23.1 Å². The first kappa shape index (κ1) is 13.4. The van der Waals surface area contributed by atoms with Crippen LogP contribution in [0, 0.1) is 15.9 Å². The van der Waals surface area contributed by atoms with Crippen LogP contribution >= 0.6 is 0 Å². The molecular weight excluding hydrogens is 259 g/mol. The zero-order valence-corrected chi connectivity index (χ0v) is 9.69. The molecule has 2 atom stereocenters. The number of aliphatic hydroxyl groups excluding tert-OH is 2. The van der Waals surface area contributed by atoms with Crippen molar-refractivity contribution in [2.45, 2.75) is 12.2 Å². The number of β-amino-alcohol motifs (C(OH)–C–C–N with tert-alkyl or cyclic N) is 2. The fourth-order valence-electron chi connectivity index (χ4n) is 1.90. The molecule has 8 heteroatoms. The Bertz CT molecular complexity index is 526. The van der Waals surface area contributed by atoms with Crippen LogP contribution in [-0.4, -0.2) is 51.2 Å². The molecule has 1 aliphatic rings. The molecule has 1 aliphatic heterocycles. The van der Waals surface area contributed by atoms with Gasteiger partial charge in [-0.15, -0.1) is 0 Å². The van der Waals surface area contributed by atoms with Gasteiger partial charge in [0.25, 0.3) is 5.91 Å². The maximum absolute atomic E-state index is 13.1. The largest absolute Gasteiger partial charge is 0.388 e. The number of carbonyl (C=O) groups is 1. The van der Waals surface area contributed by atoms with Crippen molar-refractivity contribution >= 4 is 11.6 Å². The lowest BCUT2D eigenvalue weighted by atomic mass is 10.1. The van der Waals surface area contributed by atoms with E-state index in [1.54, 1.807) is 0 Å². The van der Waals surface area contributed by atoms with Crippen LogP contribution in [0.3, 0.4) is 0 Å². The van der Waals surface area contributed by atoms with Gasteiger partial charge >= 0.3 is 5.69 Å².